The van der Waals surface area contributed by atoms with Crippen LogP contribution in [0.15, 0.2) is 61.1 Å². The molecule has 0 saturated carbocycles. The number of hydrogen-bond acceptors (Lipinski definition) is 6. The number of ether oxygens (including phenoxy) is 1. The van der Waals surface area contributed by atoms with Crippen molar-refractivity contribution in [2.45, 2.75) is 13.1 Å². The highest BCUT2D eigenvalue weighted by Crippen LogP contribution is 2.28. The average Bonchev–Trinajstić information content (AvgIpc) is 2.81. The largest absolute Gasteiger partial charge is 1.00 e. The number of rotatable bonds is 7. The third-order valence-electron chi connectivity index (χ3n) is 4.89. The van der Waals surface area contributed by atoms with Crippen LogP contribution < -0.4 is 27.8 Å². The van der Waals surface area contributed by atoms with Crippen LogP contribution >= 0.6 is 11.6 Å². The lowest BCUT2D eigenvalue weighted by Gasteiger charge is -2.11. The molecule has 2 aromatic heterocycles. The van der Waals surface area contributed by atoms with Crippen LogP contribution in [0.2, 0.25) is 5.02 Å². The molecule has 162 valence electrons. The summed E-state index contributed by atoms with van der Waals surface area (Å²) in [5.41, 5.74) is 3.45. The number of nitrogens with zero attached hydrogens (tertiary/aromatic N) is 4. The van der Waals surface area contributed by atoms with Gasteiger partial charge in [0.1, 0.15) is 12.3 Å². The molecule has 4 rings (SSSR count). The van der Waals surface area contributed by atoms with Gasteiger partial charge in [-0.15, -0.1) is 0 Å². The van der Waals surface area contributed by atoms with E-state index < -0.39 is 0 Å². The van der Waals surface area contributed by atoms with Crippen molar-refractivity contribution in [3.05, 3.63) is 82.8 Å². The molecule has 0 aliphatic rings. The van der Waals surface area contributed by atoms with Crippen molar-refractivity contribution in [2.24, 2.45) is 0 Å². The van der Waals surface area contributed by atoms with E-state index in [9.17, 15) is 5.26 Å². The summed E-state index contributed by atoms with van der Waals surface area (Å²) in [6.45, 7) is 1.20. The van der Waals surface area contributed by atoms with Gasteiger partial charge in [-0.25, -0.2) is 0 Å². The SMILES string of the molecule is COc1ccc(C[NH2+]c2nncc3c(NCc4cccnc4)cc(C#N)cc23)cc1Cl.[Cl-]. The van der Waals surface area contributed by atoms with E-state index in [0.29, 0.717) is 35.2 Å². The number of benzene rings is 2. The second-order valence-electron chi connectivity index (χ2n) is 6.92. The highest BCUT2D eigenvalue weighted by molar-refractivity contribution is 6.32. The predicted octanol–water partition coefficient (Wildman–Crippen LogP) is 0.570. The van der Waals surface area contributed by atoms with Crippen LogP contribution in [0.4, 0.5) is 11.5 Å². The molecule has 0 spiro atoms. The molecular formula is C23H20Cl2N6O. The number of aromatic nitrogens is 3. The van der Waals surface area contributed by atoms with Crippen LogP contribution in [0, 0.1) is 11.3 Å². The summed E-state index contributed by atoms with van der Waals surface area (Å²) in [5.74, 6) is 1.35. The van der Waals surface area contributed by atoms with Crippen molar-refractivity contribution in [2.75, 3.05) is 12.4 Å². The van der Waals surface area contributed by atoms with Gasteiger partial charge in [-0.2, -0.15) is 10.4 Å². The number of hydrogen-bond donors (Lipinski definition) is 2. The molecule has 0 saturated heterocycles. The standard InChI is InChI=1S/C23H19ClN6O.ClH/c1-31-22-5-4-15(8-20(22)24)12-28-23-18-7-17(10-25)9-21(19(18)14-29-30-23)27-13-16-3-2-6-26-11-16;/h2-9,11,14,27H,12-13H2,1H3,(H,28,30);1H. The number of pyridine rings is 1. The van der Waals surface area contributed by atoms with E-state index in [2.05, 4.69) is 26.6 Å². The number of halogens is 2. The quantitative estimate of drug-likeness (QED) is 0.412. The minimum Gasteiger partial charge on any atom is -1.00 e. The fourth-order valence-electron chi connectivity index (χ4n) is 3.32. The molecule has 0 aliphatic carbocycles. The molecular weight excluding hydrogens is 447 g/mol. The molecule has 7 nitrogen and oxygen atoms in total. The van der Waals surface area contributed by atoms with E-state index in [1.807, 2.05) is 54.0 Å². The Kier molecular flexibility index (Phi) is 7.79. The zero-order valence-electron chi connectivity index (χ0n) is 17.2. The Balaban J connectivity index is 0.00000289. The van der Waals surface area contributed by atoms with Crippen LogP contribution in [0.5, 0.6) is 5.75 Å². The molecule has 0 atom stereocenters. The Labute approximate surface area is 196 Å². The van der Waals surface area contributed by atoms with Crippen LogP contribution in [0.1, 0.15) is 16.7 Å². The van der Waals surface area contributed by atoms with Gasteiger partial charge in [0.2, 0.25) is 0 Å². The van der Waals surface area contributed by atoms with E-state index in [-0.39, 0.29) is 12.4 Å². The number of nitrogens with two attached hydrogens (primary N) is 1. The molecule has 32 heavy (non-hydrogen) atoms. The highest BCUT2D eigenvalue weighted by Gasteiger charge is 2.13. The zero-order valence-corrected chi connectivity index (χ0v) is 18.7. The Morgan fingerprint density at radius 2 is 2.00 bits per heavy atom. The molecule has 2 heterocycles. The summed E-state index contributed by atoms with van der Waals surface area (Å²) in [4.78, 5) is 4.14. The van der Waals surface area contributed by atoms with Gasteiger partial charge in [-0.1, -0.05) is 22.8 Å². The number of fused-ring (bicyclic) bond motifs is 1. The molecule has 0 aliphatic heterocycles. The van der Waals surface area contributed by atoms with Crippen molar-refractivity contribution in [3.63, 3.8) is 0 Å². The molecule has 0 amide bonds. The Morgan fingerprint density at radius 1 is 1.12 bits per heavy atom. The van der Waals surface area contributed by atoms with Gasteiger partial charge >= 0.3 is 0 Å². The summed E-state index contributed by atoms with van der Waals surface area (Å²) in [6, 6.07) is 15.5. The normalized spacial score (nSPS) is 10.3. The molecule has 3 N–H and O–H groups in total. The molecule has 9 heteroatoms. The zero-order chi connectivity index (χ0) is 21.6. The third-order valence-corrected chi connectivity index (χ3v) is 5.19. The minimum atomic E-state index is 0. The predicted molar refractivity (Wildman–Crippen MR) is 119 cm³/mol. The number of methoxy groups -OCH3 is 1. The summed E-state index contributed by atoms with van der Waals surface area (Å²) in [7, 11) is 1.59. The van der Waals surface area contributed by atoms with Crippen molar-refractivity contribution >= 4 is 33.9 Å². The summed E-state index contributed by atoms with van der Waals surface area (Å²) in [6.07, 6.45) is 5.26. The fourth-order valence-corrected chi connectivity index (χ4v) is 3.60. The van der Waals surface area contributed by atoms with Crippen molar-refractivity contribution in [3.8, 4) is 11.8 Å². The Bertz CT molecular complexity index is 1260. The van der Waals surface area contributed by atoms with Crippen LogP contribution in [0.3, 0.4) is 0 Å². The average molecular weight is 467 g/mol. The molecule has 0 radical (unpaired) electrons. The first-order valence-electron chi connectivity index (χ1n) is 9.66. The topological polar surface area (TPSA) is 100 Å². The van der Waals surface area contributed by atoms with Crippen molar-refractivity contribution in [1.82, 2.24) is 15.2 Å². The Morgan fingerprint density at radius 3 is 2.72 bits per heavy atom. The van der Waals surface area contributed by atoms with Gasteiger partial charge in [-0.05, 0) is 42.0 Å². The van der Waals surface area contributed by atoms with E-state index in [1.165, 1.54) is 0 Å². The lowest BCUT2D eigenvalue weighted by atomic mass is 10.1. The maximum absolute atomic E-state index is 9.52. The number of nitriles is 1. The van der Waals surface area contributed by atoms with Crippen LogP contribution in [-0.2, 0) is 13.1 Å². The second-order valence-corrected chi connectivity index (χ2v) is 7.33. The first kappa shape index (κ1) is 23.2. The summed E-state index contributed by atoms with van der Waals surface area (Å²) >= 11 is 6.24. The molecule has 2 aromatic carbocycles. The lowest BCUT2D eigenvalue weighted by Crippen LogP contribution is -3.00. The van der Waals surface area contributed by atoms with Gasteiger partial charge in [0.25, 0.3) is 5.82 Å². The first-order valence-corrected chi connectivity index (χ1v) is 10.0. The van der Waals surface area contributed by atoms with Crippen LogP contribution in [0.25, 0.3) is 10.8 Å². The van der Waals surface area contributed by atoms with Gasteiger partial charge in [0, 0.05) is 35.6 Å². The number of nitrogens with one attached hydrogen (secondary N) is 1. The number of anilines is 1. The minimum absolute atomic E-state index is 0. The van der Waals surface area contributed by atoms with E-state index in [1.54, 1.807) is 19.5 Å². The molecule has 4 aromatic rings. The first-order chi connectivity index (χ1) is 15.2. The second kappa shape index (κ2) is 10.7. The van der Waals surface area contributed by atoms with Gasteiger partial charge < -0.3 is 22.5 Å². The van der Waals surface area contributed by atoms with E-state index >= 15 is 0 Å². The van der Waals surface area contributed by atoms with Gasteiger partial charge in [-0.3, -0.25) is 10.3 Å². The van der Waals surface area contributed by atoms with Gasteiger partial charge in [0.15, 0.2) is 0 Å². The number of quaternary nitrogens is 1. The molecule has 0 fully saturated rings. The molecule has 0 unspecified atom stereocenters. The summed E-state index contributed by atoms with van der Waals surface area (Å²) in [5, 5.41) is 25.7. The van der Waals surface area contributed by atoms with Crippen molar-refractivity contribution < 1.29 is 22.5 Å². The van der Waals surface area contributed by atoms with E-state index in [0.717, 1.165) is 27.6 Å². The van der Waals surface area contributed by atoms with Crippen LogP contribution in [-0.4, -0.2) is 22.3 Å². The highest BCUT2D eigenvalue weighted by atomic mass is 35.5. The monoisotopic (exact) mass is 466 g/mol. The van der Waals surface area contributed by atoms with E-state index in [4.69, 9.17) is 16.3 Å². The van der Waals surface area contributed by atoms with Gasteiger partial charge in [0.05, 0.1) is 35.3 Å². The lowest BCUT2D eigenvalue weighted by molar-refractivity contribution is -0.591. The maximum Gasteiger partial charge on any atom is 0.252 e. The van der Waals surface area contributed by atoms with Crippen molar-refractivity contribution in [1.29, 1.82) is 5.26 Å². The fraction of sp³-hybridized carbons (Fsp3) is 0.130. The maximum atomic E-state index is 9.52. The Hall–Kier alpha value is -3.44. The third kappa shape index (κ3) is 5.24. The molecule has 0 bridgehead atoms. The summed E-state index contributed by atoms with van der Waals surface area (Å²) < 4.78 is 5.21. The smallest absolute Gasteiger partial charge is 0.252 e.